The number of Topliss-reactive ketones (excluding diaryl/α,β-unsaturated/α-hetero) is 1. The molecule has 1 unspecified atom stereocenters. The van der Waals surface area contributed by atoms with Crippen molar-refractivity contribution in [3.63, 3.8) is 0 Å². The summed E-state index contributed by atoms with van der Waals surface area (Å²) in [6, 6.07) is 11.9. The number of hydrogen-bond acceptors (Lipinski definition) is 3. The van der Waals surface area contributed by atoms with Gasteiger partial charge in [-0.15, -0.1) is 0 Å². The molecule has 1 fully saturated rings. The average molecular weight is 243 g/mol. The molecule has 2 rings (SSSR count). The third-order valence-corrected chi connectivity index (χ3v) is 3.41. The SMILES string of the molecule is N#CC(Cc1ccccc1)C(=O)C1CCOCC1. The van der Waals surface area contributed by atoms with Gasteiger partial charge in [-0.05, 0) is 24.8 Å². The quantitative estimate of drug-likeness (QED) is 0.815. The zero-order valence-corrected chi connectivity index (χ0v) is 10.3. The number of carbonyl (C=O) groups excluding carboxylic acids is 1. The van der Waals surface area contributed by atoms with Crippen molar-refractivity contribution in [2.24, 2.45) is 11.8 Å². The van der Waals surface area contributed by atoms with Gasteiger partial charge in [-0.25, -0.2) is 0 Å². The Labute approximate surface area is 107 Å². The Balaban J connectivity index is 2.00. The predicted octanol–water partition coefficient (Wildman–Crippen LogP) is 2.36. The maximum Gasteiger partial charge on any atom is 0.153 e. The zero-order chi connectivity index (χ0) is 12.8. The van der Waals surface area contributed by atoms with E-state index in [2.05, 4.69) is 6.07 Å². The Kier molecular flexibility index (Phi) is 4.49. The third kappa shape index (κ3) is 3.18. The first-order chi connectivity index (χ1) is 8.81. The van der Waals surface area contributed by atoms with Crippen LogP contribution in [0.5, 0.6) is 0 Å². The van der Waals surface area contributed by atoms with Crippen molar-refractivity contribution in [1.29, 1.82) is 5.26 Å². The molecule has 0 amide bonds. The molecule has 1 aliphatic heterocycles. The second kappa shape index (κ2) is 6.32. The van der Waals surface area contributed by atoms with E-state index in [0.29, 0.717) is 19.6 Å². The van der Waals surface area contributed by atoms with E-state index in [9.17, 15) is 10.1 Å². The van der Waals surface area contributed by atoms with E-state index in [-0.39, 0.29) is 11.7 Å². The van der Waals surface area contributed by atoms with E-state index in [0.717, 1.165) is 18.4 Å². The topological polar surface area (TPSA) is 50.1 Å². The highest BCUT2D eigenvalue weighted by Crippen LogP contribution is 2.21. The molecule has 1 aliphatic rings. The van der Waals surface area contributed by atoms with Crippen molar-refractivity contribution in [2.75, 3.05) is 13.2 Å². The van der Waals surface area contributed by atoms with Crippen molar-refractivity contribution in [2.45, 2.75) is 19.3 Å². The molecule has 1 aromatic carbocycles. The molecule has 0 spiro atoms. The van der Waals surface area contributed by atoms with Gasteiger partial charge in [-0.2, -0.15) is 5.26 Å². The van der Waals surface area contributed by atoms with Gasteiger partial charge in [0.2, 0.25) is 0 Å². The van der Waals surface area contributed by atoms with E-state index in [1.807, 2.05) is 30.3 Å². The van der Waals surface area contributed by atoms with E-state index in [4.69, 9.17) is 4.74 Å². The smallest absolute Gasteiger partial charge is 0.153 e. The van der Waals surface area contributed by atoms with Crippen LogP contribution in [0.4, 0.5) is 0 Å². The van der Waals surface area contributed by atoms with Gasteiger partial charge in [0.25, 0.3) is 0 Å². The summed E-state index contributed by atoms with van der Waals surface area (Å²) in [5, 5.41) is 9.19. The first-order valence-electron chi connectivity index (χ1n) is 6.36. The molecule has 1 atom stereocenters. The zero-order valence-electron chi connectivity index (χ0n) is 10.3. The second-order valence-electron chi connectivity index (χ2n) is 4.66. The fraction of sp³-hybridized carbons (Fsp3) is 0.467. The van der Waals surface area contributed by atoms with Gasteiger partial charge >= 0.3 is 0 Å². The van der Waals surface area contributed by atoms with Crippen LogP contribution in [-0.2, 0) is 16.0 Å². The number of nitriles is 1. The summed E-state index contributed by atoms with van der Waals surface area (Å²) >= 11 is 0. The molecule has 94 valence electrons. The average Bonchev–Trinajstić information content (AvgIpc) is 2.46. The molecule has 0 bridgehead atoms. The van der Waals surface area contributed by atoms with Gasteiger partial charge in [0.15, 0.2) is 5.78 Å². The fourth-order valence-electron chi connectivity index (χ4n) is 2.33. The molecular weight excluding hydrogens is 226 g/mol. The van der Waals surface area contributed by atoms with Gasteiger partial charge in [-0.1, -0.05) is 30.3 Å². The van der Waals surface area contributed by atoms with Crippen LogP contribution in [0.15, 0.2) is 30.3 Å². The number of rotatable bonds is 4. The number of ether oxygens (including phenoxy) is 1. The minimum atomic E-state index is -0.518. The first kappa shape index (κ1) is 12.8. The van der Waals surface area contributed by atoms with Crippen LogP contribution in [0.2, 0.25) is 0 Å². The van der Waals surface area contributed by atoms with Gasteiger partial charge in [-0.3, -0.25) is 4.79 Å². The summed E-state index contributed by atoms with van der Waals surface area (Å²) in [5.41, 5.74) is 1.05. The third-order valence-electron chi connectivity index (χ3n) is 3.41. The summed E-state index contributed by atoms with van der Waals surface area (Å²) in [6.07, 6.45) is 2.03. The molecule has 0 radical (unpaired) electrons. The van der Waals surface area contributed by atoms with Crippen molar-refractivity contribution in [3.05, 3.63) is 35.9 Å². The largest absolute Gasteiger partial charge is 0.381 e. The van der Waals surface area contributed by atoms with E-state index in [1.165, 1.54) is 0 Å². The van der Waals surface area contributed by atoms with Crippen molar-refractivity contribution >= 4 is 5.78 Å². The molecule has 3 nitrogen and oxygen atoms in total. The molecule has 3 heteroatoms. The molecule has 0 N–H and O–H groups in total. The summed E-state index contributed by atoms with van der Waals surface area (Å²) in [5.74, 6) is -0.424. The van der Waals surface area contributed by atoms with Gasteiger partial charge in [0, 0.05) is 19.1 Å². The van der Waals surface area contributed by atoms with Crippen LogP contribution in [0.3, 0.4) is 0 Å². The summed E-state index contributed by atoms with van der Waals surface area (Å²) in [7, 11) is 0. The lowest BCUT2D eigenvalue weighted by atomic mass is 9.85. The lowest BCUT2D eigenvalue weighted by Crippen LogP contribution is -2.29. The van der Waals surface area contributed by atoms with E-state index in [1.54, 1.807) is 0 Å². The molecular formula is C15H17NO2. The monoisotopic (exact) mass is 243 g/mol. The maximum atomic E-state index is 12.3. The Morgan fingerprint density at radius 1 is 1.33 bits per heavy atom. The molecule has 1 heterocycles. The summed E-state index contributed by atoms with van der Waals surface area (Å²) in [6.45, 7) is 1.28. The number of nitrogens with zero attached hydrogens (tertiary/aromatic N) is 1. The van der Waals surface area contributed by atoms with Crippen LogP contribution in [0.25, 0.3) is 0 Å². The number of carbonyl (C=O) groups is 1. The number of ketones is 1. The van der Waals surface area contributed by atoms with Crippen molar-refractivity contribution in [3.8, 4) is 6.07 Å². The Morgan fingerprint density at radius 3 is 2.61 bits per heavy atom. The number of benzene rings is 1. The van der Waals surface area contributed by atoms with Crippen LogP contribution in [-0.4, -0.2) is 19.0 Å². The highest BCUT2D eigenvalue weighted by atomic mass is 16.5. The van der Waals surface area contributed by atoms with Crippen LogP contribution >= 0.6 is 0 Å². The molecule has 0 aliphatic carbocycles. The fourth-order valence-corrected chi connectivity index (χ4v) is 2.33. The number of hydrogen-bond donors (Lipinski definition) is 0. The highest BCUT2D eigenvalue weighted by Gasteiger charge is 2.28. The van der Waals surface area contributed by atoms with Crippen LogP contribution < -0.4 is 0 Å². The highest BCUT2D eigenvalue weighted by molar-refractivity contribution is 5.85. The normalized spacial score (nSPS) is 17.9. The lowest BCUT2D eigenvalue weighted by molar-refractivity contribution is -0.128. The van der Waals surface area contributed by atoms with Gasteiger partial charge in [0.05, 0.1) is 6.07 Å². The minimum Gasteiger partial charge on any atom is -0.381 e. The molecule has 1 saturated heterocycles. The van der Waals surface area contributed by atoms with Crippen LogP contribution in [0, 0.1) is 23.2 Å². The van der Waals surface area contributed by atoms with Gasteiger partial charge < -0.3 is 4.74 Å². The van der Waals surface area contributed by atoms with E-state index < -0.39 is 5.92 Å². The molecule has 18 heavy (non-hydrogen) atoms. The van der Waals surface area contributed by atoms with Crippen molar-refractivity contribution in [1.82, 2.24) is 0 Å². The second-order valence-corrected chi connectivity index (χ2v) is 4.66. The maximum absolute atomic E-state index is 12.3. The Bertz CT molecular complexity index is 430. The van der Waals surface area contributed by atoms with Gasteiger partial charge in [0.1, 0.15) is 5.92 Å². The van der Waals surface area contributed by atoms with Crippen LogP contribution in [0.1, 0.15) is 18.4 Å². The molecule has 0 aromatic heterocycles. The lowest BCUT2D eigenvalue weighted by Gasteiger charge is -2.22. The predicted molar refractivity (Wildman–Crippen MR) is 67.8 cm³/mol. The standard InChI is InChI=1S/C15H17NO2/c16-11-14(10-12-4-2-1-3-5-12)15(17)13-6-8-18-9-7-13/h1-5,13-14H,6-10H2. The van der Waals surface area contributed by atoms with E-state index >= 15 is 0 Å². The summed E-state index contributed by atoms with van der Waals surface area (Å²) < 4.78 is 5.25. The first-order valence-corrected chi connectivity index (χ1v) is 6.36. The van der Waals surface area contributed by atoms with Crippen molar-refractivity contribution < 1.29 is 9.53 Å². The summed E-state index contributed by atoms with van der Waals surface area (Å²) in [4.78, 5) is 12.3. The molecule has 1 aromatic rings. The molecule has 0 saturated carbocycles. The Hall–Kier alpha value is -1.66. The Morgan fingerprint density at radius 2 is 2.00 bits per heavy atom. The minimum absolute atomic E-state index is 0.00659.